The zero-order valence-electron chi connectivity index (χ0n) is 5.33. The van der Waals surface area contributed by atoms with E-state index in [-0.39, 0.29) is 21.7 Å². The van der Waals surface area contributed by atoms with E-state index < -0.39 is 0 Å². The molecule has 0 rings (SSSR count). The Labute approximate surface area is 61.6 Å². The number of unbranched alkanes of at least 4 members (excludes halogenated alkanes) is 3. The molecule has 0 unspecified atom stereocenters. The molecule has 0 aromatic heterocycles. The molecule has 1 heteroatoms. The van der Waals surface area contributed by atoms with Crippen LogP contribution in [0.25, 0.3) is 0 Å². The summed E-state index contributed by atoms with van der Waals surface area (Å²) in [5, 5.41) is 0. The van der Waals surface area contributed by atoms with Crippen molar-refractivity contribution in [1.29, 1.82) is 0 Å². The Bertz CT molecular complexity index is 16.1. The Morgan fingerprint density at radius 3 is 1.29 bits per heavy atom. The predicted octanol–water partition coefficient (Wildman–Crippen LogP) is 2.58. The number of hydrogen-bond donors (Lipinski definition) is 0. The van der Waals surface area contributed by atoms with E-state index in [2.05, 4.69) is 13.8 Å². The van der Waals surface area contributed by atoms with Gasteiger partial charge in [-0.1, -0.05) is 39.5 Å². The van der Waals surface area contributed by atoms with E-state index in [9.17, 15) is 0 Å². The summed E-state index contributed by atoms with van der Waals surface area (Å²) in [5.74, 6) is 0. The molecule has 0 aliphatic heterocycles. The third kappa shape index (κ3) is 10.8. The van der Waals surface area contributed by atoms with Crippen LogP contribution in [0, 0.1) is 0 Å². The normalized spacial score (nSPS) is 7.71. The molecule has 0 N–H and O–H groups in total. The average Bonchev–Trinajstić information content (AvgIpc) is 1.61. The van der Waals surface area contributed by atoms with Gasteiger partial charge in [0.15, 0.2) is 0 Å². The minimum atomic E-state index is 0. The molecule has 0 bridgehead atoms. The summed E-state index contributed by atoms with van der Waals surface area (Å²) in [6.45, 7) is 4.46. The fourth-order valence-electron chi connectivity index (χ4n) is 0.500. The van der Waals surface area contributed by atoms with Gasteiger partial charge in [0.2, 0.25) is 0 Å². The van der Waals surface area contributed by atoms with Crippen LogP contribution in [0.2, 0.25) is 0 Å². The molecule has 0 saturated carbocycles. The Hall–Kier alpha value is 0.714. The average molecular weight is 134 g/mol. The summed E-state index contributed by atoms with van der Waals surface area (Å²) in [4.78, 5) is 0. The van der Waals surface area contributed by atoms with Crippen LogP contribution in [-0.4, -0.2) is 0 Å². The second kappa shape index (κ2) is 9.86. The summed E-state index contributed by atoms with van der Waals surface area (Å²) in [7, 11) is 0. The van der Waals surface area contributed by atoms with Crippen molar-refractivity contribution < 1.29 is 21.7 Å². The maximum absolute atomic E-state index is 2.23. The quantitative estimate of drug-likeness (QED) is 0.411. The van der Waals surface area contributed by atoms with Crippen LogP contribution in [0.4, 0.5) is 0 Å². The largest absolute Gasteiger partial charge is 0.0654 e. The topological polar surface area (TPSA) is 0 Å². The molecule has 42 valence electrons. The Balaban J connectivity index is 0. The van der Waals surface area contributed by atoms with Gasteiger partial charge in [-0.3, -0.25) is 0 Å². The minimum Gasteiger partial charge on any atom is -0.0654 e. The second-order valence-corrected chi connectivity index (χ2v) is 1.71. The molecule has 0 spiro atoms. The van der Waals surface area contributed by atoms with Gasteiger partial charge in [0.1, 0.15) is 0 Å². The molecule has 0 aliphatic carbocycles. The first-order valence-electron chi connectivity index (χ1n) is 2.91. The van der Waals surface area contributed by atoms with Gasteiger partial charge in [-0.15, -0.1) is 0 Å². The van der Waals surface area contributed by atoms with Gasteiger partial charge in [-0.05, 0) is 0 Å². The molecular weight excluding hydrogens is 120 g/mol. The molecule has 0 saturated heterocycles. The Morgan fingerprint density at radius 2 is 1.14 bits per heavy atom. The van der Waals surface area contributed by atoms with Crippen molar-refractivity contribution in [3.63, 3.8) is 0 Å². The third-order valence-electron chi connectivity index (χ3n) is 0.957. The Morgan fingerprint density at radius 1 is 0.857 bits per heavy atom. The first-order chi connectivity index (χ1) is 2.91. The van der Waals surface area contributed by atoms with E-state index in [1.165, 1.54) is 25.7 Å². The van der Waals surface area contributed by atoms with Crippen molar-refractivity contribution in [2.45, 2.75) is 39.5 Å². The Kier molecular flexibility index (Phi) is 15.0. The van der Waals surface area contributed by atoms with E-state index >= 15 is 0 Å². The molecule has 0 radical (unpaired) electrons. The summed E-state index contributed by atoms with van der Waals surface area (Å²) in [6, 6.07) is 0. The number of rotatable bonds is 3. The summed E-state index contributed by atoms with van der Waals surface area (Å²) in [6.07, 6.45) is 5.54. The summed E-state index contributed by atoms with van der Waals surface area (Å²) >= 11 is 0. The van der Waals surface area contributed by atoms with E-state index in [0.717, 1.165) is 0 Å². The molecule has 0 heterocycles. The molecule has 0 nitrogen and oxygen atoms in total. The SMILES string of the molecule is CCCCCC.[Ti]. The van der Waals surface area contributed by atoms with Gasteiger partial charge in [0, 0.05) is 21.7 Å². The molecule has 0 atom stereocenters. The van der Waals surface area contributed by atoms with E-state index in [1.54, 1.807) is 0 Å². The molecule has 7 heavy (non-hydrogen) atoms. The van der Waals surface area contributed by atoms with E-state index in [4.69, 9.17) is 0 Å². The van der Waals surface area contributed by atoms with E-state index in [0.29, 0.717) is 0 Å². The maximum Gasteiger partial charge on any atom is 0 e. The zero-order valence-corrected chi connectivity index (χ0v) is 6.89. The third-order valence-corrected chi connectivity index (χ3v) is 0.957. The minimum absolute atomic E-state index is 0. The molecule has 0 amide bonds. The second-order valence-electron chi connectivity index (χ2n) is 1.71. The maximum atomic E-state index is 2.23. The molecular formula is C6H14Ti. The van der Waals surface area contributed by atoms with Crippen molar-refractivity contribution in [3.05, 3.63) is 0 Å². The molecule has 0 aromatic rings. The van der Waals surface area contributed by atoms with Crippen LogP contribution in [0.1, 0.15) is 39.5 Å². The van der Waals surface area contributed by atoms with Crippen molar-refractivity contribution in [2.75, 3.05) is 0 Å². The van der Waals surface area contributed by atoms with Gasteiger partial charge in [-0.2, -0.15) is 0 Å². The molecule has 0 fully saturated rings. The van der Waals surface area contributed by atoms with Crippen molar-refractivity contribution in [1.82, 2.24) is 0 Å². The molecule has 0 aromatic carbocycles. The van der Waals surface area contributed by atoms with Gasteiger partial charge in [-0.25, -0.2) is 0 Å². The fourth-order valence-corrected chi connectivity index (χ4v) is 0.500. The van der Waals surface area contributed by atoms with E-state index in [1.807, 2.05) is 0 Å². The van der Waals surface area contributed by atoms with Crippen LogP contribution in [-0.2, 0) is 21.7 Å². The first kappa shape index (κ1) is 10.7. The fraction of sp³-hybridized carbons (Fsp3) is 1.00. The van der Waals surface area contributed by atoms with Crippen molar-refractivity contribution in [3.8, 4) is 0 Å². The van der Waals surface area contributed by atoms with Crippen LogP contribution in [0.3, 0.4) is 0 Å². The van der Waals surface area contributed by atoms with Crippen LogP contribution in [0.15, 0.2) is 0 Å². The monoisotopic (exact) mass is 134 g/mol. The standard InChI is InChI=1S/C6H14.Ti/c1-3-5-6-4-2;/h3-6H2,1-2H3;. The summed E-state index contributed by atoms with van der Waals surface area (Å²) in [5.41, 5.74) is 0. The smallest absolute Gasteiger partial charge is 0 e. The van der Waals surface area contributed by atoms with Gasteiger partial charge >= 0.3 is 0 Å². The molecule has 0 aliphatic rings. The first-order valence-corrected chi connectivity index (χ1v) is 2.91. The van der Waals surface area contributed by atoms with Crippen LogP contribution < -0.4 is 0 Å². The number of hydrogen-bond acceptors (Lipinski definition) is 0. The van der Waals surface area contributed by atoms with Gasteiger partial charge in [0.05, 0.1) is 0 Å². The van der Waals surface area contributed by atoms with Gasteiger partial charge in [0.25, 0.3) is 0 Å². The van der Waals surface area contributed by atoms with Crippen molar-refractivity contribution in [2.24, 2.45) is 0 Å². The summed E-state index contributed by atoms with van der Waals surface area (Å²) < 4.78 is 0. The zero-order chi connectivity index (χ0) is 4.83. The van der Waals surface area contributed by atoms with Crippen molar-refractivity contribution >= 4 is 0 Å². The van der Waals surface area contributed by atoms with Crippen LogP contribution in [0.5, 0.6) is 0 Å². The van der Waals surface area contributed by atoms with Gasteiger partial charge < -0.3 is 0 Å². The van der Waals surface area contributed by atoms with Crippen LogP contribution >= 0.6 is 0 Å². The predicted molar refractivity (Wildman–Crippen MR) is 29.8 cm³/mol.